The Morgan fingerprint density at radius 1 is 0.712 bits per heavy atom. The molecule has 12 unspecified atom stereocenters. The van der Waals surface area contributed by atoms with Crippen molar-refractivity contribution in [2.24, 2.45) is 50.2 Å². The minimum atomic E-state index is -1.50. The molecule has 1 saturated heterocycles. The van der Waals surface area contributed by atoms with Gasteiger partial charge in [-0.15, -0.1) is 0 Å². The van der Waals surface area contributed by atoms with Crippen molar-refractivity contribution in [3.05, 3.63) is 11.6 Å². The predicted molar refractivity (Wildman–Crippen MR) is 233 cm³/mol. The number of unbranched alkanes of at least 4 members (excludes halogenated alkanes) is 12. The Hall–Kier alpha value is -1.48. The van der Waals surface area contributed by atoms with Crippen molar-refractivity contribution in [1.29, 1.82) is 0 Å². The van der Waals surface area contributed by atoms with Gasteiger partial charge in [0.1, 0.15) is 24.4 Å². The van der Waals surface area contributed by atoms with Gasteiger partial charge in [-0.1, -0.05) is 144 Å². The van der Waals surface area contributed by atoms with Crippen molar-refractivity contribution in [3.8, 4) is 0 Å². The van der Waals surface area contributed by atoms with Gasteiger partial charge >= 0.3 is 11.9 Å². The van der Waals surface area contributed by atoms with Crippen LogP contribution in [0.3, 0.4) is 0 Å². The molecule has 4 saturated carbocycles. The third-order valence-corrected chi connectivity index (χ3v) is 18.4. The molecule has 3 N–H and O–H groups in total. The second-order valence-electron chi connectivity index (χ2n) is 22.9. The van der Waals surface area contributed by atoms with Crippen LogP contribution in [0.2, 0.25) is 0 Å². The Balaban J connectivity index is 1.07. The van der Waals surface area contributed by atoms with Gasteiger partial charge < -0.3 is 29.5 Å². The summed E-state index contributed by atoms with van der Waals surface area (Å²) in [5.74, 6) is 0.625. The second kappa shape index (κ2) is 18.7. The molecule has 0 aromatic heterocycles. The second-order valence-corrected chi connectivity index (χ2v) is 22.9. The summed E-state index contributed by atoms with van der Waals surface area (Å²) in [4.78, 5) is 27.8. The summed E-state index contributed by atoms with van der Waals surface area (Å²) in [6.45, 7) is 19.1. The number of carbonyl (C=O) groups excluding carboxylic acids is 2. The molecule has 0 aromatic carbocycles. The molecule has 12 atom stereocenters. The zero-order chi connectivity index (χ0) is 42.9. The number of aliphatic hydroxyl groups is 3. The lowest BCUT2D eigenvalue weighted by molar-refractivity contribution is -0.270. The quantitative estimate of drug-likeness (QED) is 0.0753. The fraction of sp³-hybridized carbons (Fsp3) is 0.922. The van der Waals surface area contributed by atoms with Crippen LogP contribution in [0.4, 0.5) is 0 Å². The van der Waals surface area contributed by atoms with E-state index in [0.29, 0.717) is 18.3 Å². The van der Waals surface area contributed by atoms with E-state index in [-0.39, 0.29) is 57.6 Å². The molecule has 8 heteroatoms. The van der Waals surface area contributed by atoms with Crippen molar-refractivity contribution in [3.63, 3.8) is 0 Å². The van der Waals surface area contributed by atoms with E-state index < -0.39 is 30.0 Å². The van der Waals surface area contributed by atoms with Crippen LogP contribution >= 0.6 is 0 Å². The van der Waals surface area contributed by atoms with E-state index >= 15 is 0 Å². The number of esters is 2. The van der Waals surface area contributed by atoms with Crippen molar-refractivity contribution >= 4 is 11.9 Å². The molecular weight excluding hydrogens is 741 g/mol. The van der Waals surface area contributed by atoms with Gasteiger partial charge in [-0.05, 0) is 110 Å². The minimum absolute atomic E-state index is 0.00824. The Morgan fingerprint density at radius 3 is 1.97 bits per heavy atom. The number of ether oxygens (including phenoxy) is 3. The summed E-state index contributed by atoms with van der Waals surface area (Å²) in [5, 5.41) is 31.1. The maximum Gasteiger partial charge on any atom is 0.315 e. The average Bonchev–Trinajstić information content (AvgIpc) is 3.18. The number of rotatable bonds is 17. The molecule has 6 rings (SSSR count). The lowest BCUT2D eigenvalue weighted by Gasteiger charge is -2.71. The lowest BCUT2D eigenvalue weighted by atomic mass is 9.33. The largest absolute Gasteiger partial charge is 0.462 e. The summed E-state index contributed by atoms with van der Waals surface area (Å²) < 4.78 is 18.0. The van der Waals surface area contributed by atoms with E-state index in [0.717, 1.165) is 77.0 Å². The maximum atomic E-state index is 14.5. The van der Waals surface area contributed by atoms with Gasteiger partial charge in [0.05, 0.1) is 12.0 Å². The van der Waals surface area contributed by atoms with E-state index in [9.17, 15) is 24.9 Å². The average molecular weight is 827 g/mol. The Bertz CT molecular complexity index is 1470. The molecule has 0 amide bonds. The third kappa shape index (κ3) is 9.15. The fourth-order valence-electron chi connectivity index (χ4n) is 14.4. The third-order valence-electron chi connectivity index (χ3n) is 18.4. The highest BCUT2D eigenvalue weighted by Crippen LogP contribution is 2.76. The summed E-state index contributed by atoms with van der Waals surface area (Å²) in [5.41, 5.74) is 0.766. The van der Waals surface area contributed by atoms with Crippen molar-refractivity contribution in [2.45, 2.75) is 240 Å². The van der Waals surface area contributed by atoms with Gasteiger partial charge in [0, 0.05) is 11.8 Å². The predicted octanol–water partition coefficient (Wildman–Crippen LogP) is 11.2. The molecule has 0 aromatic rings. The van der Waals surface area contributed by atoms with Crippen LogP contribution < -0.4 is 0 Å². The first kappa shape index (κ1) is 47.0. The summed E-state index contributed by atoms with van der Waals surface area (Å²) >= 11 is 0. The molecule has 0 spiro atoms. The number of aliphatic hydroxyl groups excluding tert-OH is 3. The molecule has 1 heterocycles. The maximum absolute atomic E-state index is 14.5. The molecule has 5 fully saturated rings. The Labute approximate surface area is 358 Å². The zero-order valence-electron chi connectivity index (χ0n) is 38.8. The van der Waals surface area contributed by atoms with Crippen molar-refractivity contribution in [2.75, 3.05) is 6.61 Å². The van der Waals surface area contributed by atoms with Crippen LogP contribution in [-0.4, -0.2) is 64.6 Å². The summed E-state index contributed by atoms with van der Waals surface area (Å²) in [6, 6.07) is 0. The van der Waals surface area contributed by atoms with Crippen LogP contribution in [0.15, 0.2) is 11.6 Å². The topological polar surface area (TPSA) is 123 Å². The van der Waals surface area contributed by atoms with E-state index in [1.54, 1.807) is 0 Å². The summed E-state index contributed by atoms with van der Waals surface area (Å²) in [6.07, 6.45) is 23.8. The highest BCUT2D eigenvalue weighted by atomic mass is 16.7. The Morgan fingerprint density at radius 2 is 1.32 bits per heavy atom. The normalized spacial score (nSPS) is 41.0. The monoisotopic (exact) mass is 827 g/mol. The molecule has 338 valence electrons. The standard InChI is InChI=1S/C51H86O8/c1-9-10-11-12-13-14-15-16-17-18-19-20-21-22-41(53)58-40-26-27-48(6)38(47(40,4)5)25-28-50(8)39(48)24-23-35-36-33-46(2,3)29-31-51(36,32-30-49(35,50)7)45(56)59-44-43(55)42(54)37(52)34-57-44/h23,36-40,42-44,52,54-55H,9-22,24-34H2,1-8H3. The number of carbonyl (C=O) groups is 2. The van der Waals surface area contributed by atoms with E-state index in [2.05, 4.69) is 61.5 Å². The lowest BCUT2D eigenvalue weighted by Crippen LogP contribution is -2.65. The smallest absolute Gasteiger partial charge is 0.315 e. The van der Waals surface area contributed by atoms with Crippen LogP contribution in [0, 0.1) is 50.2 Å². The van der Waals surface area contributed by atoms with Gasteiger partial charge in [0.25, 0.3) is 0 Å². The Kier molecular flexibility index (Phi) is 14.9. The van der Waals surface area contributed by atoms with Gasteiger partial charge in [-0.2, -0.15) is 0 Å². The van der Waals surface area contributed by atoms with E-state index in [1.807, 2.05) is 0 Å². The van der Waals surface area contributed by atoms with Crippen molar-refractivity contribution < 1.29 is 39.1 Å². The SMILES string of the molecule is CCCCCCCCCCCCCCCC(=O)OC1CCC2(C)C(CCC3(C)C2CC=C2C4CC(C)(C)CCC4(C(=O)OC4OCC(O)C(O)C4O)CCC23C)C1(C)C. The number of hydrogen-bond donors (Lipinski definition) is 3. The molecule has 0 bridgehead atoms. The zero-order valence-corrected chi connectivity index (χ0v) is 38.8. The first-order valence-electron chi connectivity index (χ1n) is 24.6. The van der Waals surface area contributed by atoms with Crippen LogP contribution in [0.5, 0.6) is 0 Å². The molecule has 0 radical (unpaired) electrons. The fourth-order valence-corrected chi connectivity index (χ4v) is 14.4. The van der Waals surface area contributed by atoms with Gasteiger partial charge in [0.15, 0.2) is 0 Å². The van der Waals surface area contributed by atoms with Crippen LogP contribution in [0.1, 0.15) is 209 Å². The van der Waals surface area contributed by atoms with Crippen LogP contribution in [-0.2, 0) is 23.8 Å². The molecule has 5 aliphatic carbocycles. The minimum Gasteiger partial charge on any atom is -0.462 e. The first-order valence-corrected chi connectivity index (χ1v) is 24.6. The molecule has 59 heavy (non-hydrogen) atoms. The highest BCUT2D eigenvalue weighted by Gasteiger charge is 2.70. The number of hydrogen-bond acceptors (Lipinski definition) is 8. The summed E-state index contributed by atoms with van der Waals surface area (Å²) in [7, 11) is 0. The molecule has 1 aliphatic heterocycles. The number of fused-ring (bicyclic) bond motifs is 7. The molecule has 6 aliphatic rings. The van der Waals surface area contributed by atoms with E-state index in [1.165, 1.54) is 76.2 Å². The van der Waals surface area contributed by atoms with Crippen LogP contribution in [0.25, 0.3) is 0 Å². The first-order chi connectivity index (χ1) is 27.9. The molecule has 8 nitrogen and oxygen atoms in total. The van der Waals surface area contributed by atoms with E-state index in [4.69, 9.17) is 14.2 Å². The highest BCUT2D eigenvalue weighted by molar-refractivity contribution is 5.79. The van der Waals surface area contributed by atoms with Gasteiger partial charge in [-0.3, -0.25) is 9.59 Å². The van der Waals surface area contributed by atoms with Gasteiger partial charge in [-0.25, -0.2) is 0 Å². The van der Waals surface area contributed by atoms with Gasteiger partial charge in [0.2, 0.25) is 6.29 Å². The van der Waals surface area contributed by atoms with Crippen molar-refractivity contribution in [1.82, 2.24) is 0 Å². The molecular formula is C51H86O8. The number of allylic oxidation sites excluding steroid dienone is 2.